The van der Waals surface area contributed by atoms with Gasteiger partial charge in [-0.15, -0.1) is 0 Å². The molecule has 1 aliphatic heterocycles. The van der Waals surface area contributed by atoms with Crippen molar-refractivity contribution in [2.24, 2.45) is 4.99 Å². The molecule has 0 aromatic carbocycles. The first-order chi connectivity index (χ1) is 7.63. The van der Waals surface area contributed by atoms with Crippen molar-refractivity contribution in [1.82, 2.24) is 10.6 Å². The molecule has 1 rings (SSSR count). The molecule has 1 saturated heterocycles. The maximum Gasteiger partial charge on any atom is 0.0301 e. The highest BCUT2D eigenvalue weighted by Gasteiger charge is 1.91. The fourth-order valence-electron chi connectivity index (χ4n) is 0.824. The van der Waals surface area contributed by atoms with Crippen LogP contribution in [0.15, 0.2) is 29.4 Å². The maximum atomic E-state index is 3.91. The predicted octanol–water partition coefficient (Wildman–Crippen LogP) is 2.37. The summed E-state index contributed by atoms with van der Waals surface area (Å²) in [7, 11) is 0. The number of allylic oxidation sites excluding steroid dienone is 2. The lowest BCUT2D eigenvalue weighted by Gasteiger charge is -2.11. The molecule has 1 aliphatic rings. The molecule has 94 valence electrons. The van der Waals surface area contributed by atoms with E-state index in [0.717, 1.165) is 37.4 Å². The summed E-state index contributed by atoms with van der Waals surface area (Å²) in [6, 6.07) is 0. The molecule has 0 radical (unpaired) electrons. The second kappa shape index (κ2) is 14.1. The Bertz CT molecular complexity index is 176. The minimum atomic E-state index is 0.813. The van der Waals surface area contributed by atoms with Gasteiger partial charge < -0.3 is 10.6 Å². The van der Waals surface area contributed by atoms with E-state index in [9.17, 15) is 0 Å². The van der Waals surface area contributed by atoms with E-state index < -0.39 is 0 Å². The van der Waals surface area contributed by atoms with Crippen molar-refractivity contribution in [3.63, 3.8) is 0 Å². The van der Waals surface area contributed by atoms with Gasteiger partial charge >= 0.3 is 0 Å². The summed E-state index contributed by atoms with van der Waals surface area (Å²) in [5, 5.41) is 6.44. The second-order valence-corrected chi connectivity index (χ2v) is 3.34. The third kappa shape index (κ3) is 18.8. The molecule has 1 fully saturated rings. The van der Waals surface area contributed by atoms with Gasteiger partial charge in [0.1, 0.15) is 0 Å². The molecule has 0 saturated carbocycles. The summed E-state index contributed by atoms with van der Waals surface area (Å²) in [6.07, 6.45) is 1.70. The number of nitrogens with zero attached hydrogens (tertiary/aromatic N) is 1. The molecule has 2 N–H and O–H groups in total. The van der Waals surface area contributed by atoms with Gasteiger partial charge in [0.15, 0.2) is 0 Å². The van der Waals surface area contributed by atoms with Crippen LogP contribution in [0.1, 0.15) is 27.7 Å². The van der Waals surface area contributed by atoms with Crippen LogP contribution < -0.4 is 10.6 Å². The van der Waals surface area contributed by atoms with Crippen molar-refractivity contribution in [1.29, 1.82) is 0 Å². The Hall–Kier alpha value is -0.930. The molecular weight excluding hydrogens is 198 g/mol. The van der Waals surface area contributed by atoms with Gasteiger partial charge in [0.2, 0.25) is 0 Å². The van der Waals surface area contributed by atoms with E-state index in [-0.39, 0.29) is 0 Å². The summed E-state index contributed by atoms with van der Waals surface area (Å²) in [6.45, 7) is 19.5. The van der Waals surface area contributed by atoms with Crippen LogP contribution in [0.2, 0.25) is 0 Å². The van der Waals surface area contributed by atoms with Gasteiger partial charge in [0, 0.05) is 38.1 Å². The summed E-state index contributed by atoms with van der Waals surface area (Å²) < 4.78 is 0. The highest BCUT2D eigenvalue weighted by Crippen LogP contribution is 1.88. The average molecular weight is 225 g/mol. The topological polar surface area (TPSA) is 36.4 Å². The third-order valence-corrected chi connectivity index (χ3v) is 1.46. The van der Waals surface area contributed by atoms with E-state index in [1.165, 1.54) is 0 Å². The minimum Gasteiger partial charge on any atom is -0.314 e. The van der Waals surface area contributed by atoms with E-state index in [1.807, 2.05) is 27.7 Å². The second-order valence-electron chi connectivity index (χ2n) is 3.34. The molecule has 0 amide bonds. The van der Waals surface area contributed by atoms with Crippen molar-refractivity contribution in [2.75, 3.05) is 26.2 Å². The molecular formula is C13H27N3. The molecule has 1 heterocycles. The lowest BCUT2D eigenvalue weighted by atomic mass is 10.4. The zero-order valence-corrected chi connectivity index (χ0v) is 11.3. The van der Waals surface area contributed by atoms with Crippen molar-refractivity contribution >= 4 is 6.21 Å². The first-order valence-corrected chi connectivity index (χ1v) is 5.89. The monoisotopic (exact) mass is 225 g/mol. The van der Waals surface area contributed by atoms with Gasteiger partial charge in [-0.2, -0.15) is 0 Å². The van der Waals surface area contributed by atoms with Gasteiger partial charge in [0.25, 0.3) is 0 Å². The Labute approximate surface area is 101 Å². The molecule has 0 aliphatic carbocycles. The van der Waals surface area contributed by atoms with E-state index in [1.54, 1.807) is 6.21 Å². The SMILES string of the molecule is C1CNCCN1.C=C(C)C=NC(=C)C.CC. The Balaban J connectivity index is 0. The van der Waals surface area contributed by atoms with Crippen LogP contribution in [0.4, 0.5) is 0 Å². The Morgan fingerprint density at radius 1 is 1.00 bits per heavy atom. The maximum absolute atomic E-state index is 3.91. The first-order valence-electron chi connectivity index (χ1n) is 5.89. The number of nitrogens with one attached hydrogen (secondary N) is 2. The summed E-state index contributed by atoms with van der Waals surface area (Å²) in [4.78, 5) is 3.91. The average Bonchev–Trinajstić information content (AvgIpc) is 2.32. The van der Waals surface area contributed by atoms with Crippen molar-refractivity contribution in [3.05, 3.63) is 24.4 Å². The molecule has 0 aromatic heterocycles. The molecule has 0 unspecified atom stereocenters. The lowest BCUT2D eigenvalue weighted by molar-refractivity contribution is 0.534. The number of hydrogen-bond donors (Lipinski definition) is 2. The van der Waals surface area contributed by atoms with Crippen LogP contribution in [0, 0.1) is 0 Å². The fraction of sp³-hybridized carbons (Fsp3) is 0.615. The molecule has 16 heavy (non-hydrogen) atoms. The Morgan fingerprint density at radius 2 is 1.38 bits per heavy atom. The zero-order valence-electron chi connectivity index (χ0n) is 11.3. The van der Waals surface area contributed by atoms with Gasteiger partial charge in [0.05, 0.1) is 0 Å². The van der Waals surface area contributed by atoms with Crippen LogP contribution in [-0.4, -0.2) is 32.4 Å². The summed E-state index contributed by atoms with van der Waals surface area (Å²) >= 11 is 0. The number of rotatable bonds is 2. The summed E-state index contributed by atoms with van der Waals surface area (Å²) in [5.74, 6) is 0. The standard InChI is InChI=1S/C7H11N.C4H10N2.C2H6/c1-6(2)5-8-7(3)4;1-2-6-4-3-5-1;1-2/h5H,1,3H2,2,4H3;5-6H,1-4H2;1-2H3. The summed E-state index contributed by atoms with van der Waals surface area (Å²) in [5.41, 5.74) is 1.76. The van der Waals surface area contributed by atoms with Gasteiger partial charge in [-0.25, -0.2) is 0 Å². The molecule has 0 aromatic rings. The third-order valence-electron chi connectivity index (χ3n) is 1.46. The van der Waals surface area contributed by atoms with Crippen LogP contribution in [0.5, 0.6) is 0 Å². The molecule has 0 spiro atoms. The minimum absolute atomic E-state index is 0.813. The van der Waals surface area contributed by atoms with Crippen molar-refractivity contribution in [3.8, 4) is 0 Å². The quantitative estimate of drug-likeness (QED) is 0.708. The smallest absolute Gasteiger partial charge is 0.0301 e. The largest absolute Gasteiger partial charge is 0.314 e. The van der Waals surface area contributed by atoms with Gasteiger partial charge in [-0.1, -0.05) is 27.0 Å². The zero-order chi connectivity index (χ0) is 12.8. The van der Waals surface area contributed by atoms with Crippen LogP contribution in [0.3, 0.4) is 0 Å². The van der Waals surface area contributed by atoms with Crippen LogP contribution in [0.25, 0.3) is 0 Å². The van der Waals surface area contributed by atoms with E-state index in [2.05, 4.69) is 28.8 Å². The van der Waals surface area contributed by atoms with E-state index in [0.29, 0.717) is 0 Å². The Morgan fingerprint density at radius 3 is 1.50 bits per heavy atom. The lowest BCUT2D eigenvalue weighted by Crippen LogP contribution is -2.39. The van der Waals surface area contributed by atoms with E-state index >= 15 is 0 Å². The molecule has 0 bridgehead atoms. The van der Waals surface area contributed by atoms with Crippen LogP contribution in [-0.2, 0) is 0 Å². The molecule has 3 nitrogen and oxygen atoms in total. The highest BCUT2D eigenvalue weighted by molar-refractivity contribution is 5.77. The molecule has 0 atom stereocenters. The number of hydrogen-bond acceptors (Lipinski definition) is 3. The normalized spacial score (nSPS) is 14.2. The number of aliphatic imine (C=N–C) groups is 1. The van der Waals surface area contributed by atoms with Crippen LogP contribution >= 0.6 is 0 Å². The number of piperazine rings is 1. The predicted molar refractivity (Wildman–Crippen MR) is 75.2 cm³/mol. The highest BCUT2D eigenvalue weighted by atomic mass is 15.0. The first kappa shape index (κ1) is 17.5. The van der Waals surface area contributed by atoms with Gasteiger partial charge in [-0.3, -0.25) is 4.99 Å². The Kier molecular flexibility index (Phi) is 15.4. The van der Waals surface area contributed by atoms with E-state index in [4.69, 9.17) is 0 Å². The fourth-order valence-corrected chi connectivity index (χ4v) is 0.824. The van der Waals surface area contributed by atoms with Crippen molar-refractivity contribution in [2.45, 2.75) is 27.7 Å². The van der Waals surface area contributed by atoms with Gasteiger partial charge in [-0.05, 0) is 19.4 Å². The molecule has 3 heteroatoms. The van der Waals surface area contributed by atoms with Crippen molar-refractivity contribution < 1.29 is 0 Å².